The molecule has 1 aliphatic heterocycles. The number of benzene rings is 2. The van der Waals surface area contributed by atoms with Crippen molar-refractivity contribution in [1.82, 2.24) is 4.57 Å². The first-order valence-electron chi connectivity index (χ1n) is 10.7. The molecular weight excluding hydrogens is 420 g/mol. The van der Waals surface area contributed by atoms with Gasteiger partial charge in [0.2, 0.25) is 5.78 Å². The van der Waals surface area contributed by atoms with E-state index in [-0.39, 0.29) is 18.8 Å². The number of hydrogen-bond donors (Lipinski definition) is 0. The lowest BCUT2D eigenvalue weighted by molar-refractivity contribution is -0.142. The Balaban J connectivity index is 1.38. The Morgan fingerprint density at radius 1 is 1.03 bits per heavy atom. The van der Waals surface area contributed by atoms with Crippen LogP contribution in [0.3, 0.4) is 0 Å². The lowest BCUT2D eigenvalue weighted by Gasteiger charge is -2.20. The number of ether oxygens (including phenoxy) is 3. The summed E-state index contributed by atoms with van der Waals surface area (Å²) >= 11 is 0. The average molecular weight is 444 g/mol. The van der Waals surface area contributed by atoms with E-state index in [0.717, 1.165) is 22.6 Å². The molecule has 0 atom stereocenters. The summed E-state index contributed by atoms with van der Waals surface area (Å²) in [6.07, 6.45) is 0.646. The second kappa shape index (κ2) is 9.61. The number of nitriles is 1. The van der Waals surface area contributed by atoms with Crippen LogP contribution in [0.25, 0.3) is 5.69 Å². The highest BCUT2D eigenvalue weighted by Gasteiger charge is 2.20. The van der Waals surface area contributed by atoms with Gasteiger partial charge in [0, 0.05) is 35.1 Å². The zero-order valence-electron chi connectivity index (χ0n) is 18.6. The van der Waals surface area contributed by atoms with Crippen molar-refractivity contribution in [2.75, 3.05) is 19.8 Å². The molecule has 0 radical (unpaired) electrons. The fourth-order valence-electron chi connectivity index (χ4n) is 3.90. The van der Waals surface area contributed by atoms with Crippen LogP contribution < -0.4 is 9.47 Å². The Bertz CT molecular complexity index is 1230. The molecule has 7 nitrogen and oxygen atoms in total. The zero-order valence-corrected chi connectivity index (χ0v) is 18.6. The number of carbonyl (C=O) groups excluding carboxylic acids is 2. The minimum atomic E-state index is -0.437. The molecule has 1 aromatic heterocycles. The van der Waals surface area contributed by atoms with Crippen molar-refractivity contribution in [2.45, 2.75) is 26.7 Å². The molecule has 168 valence electrons. The van der Waals surface area contributed by atoms with Crippen LogP contribution in [-0.4, -0.2) is 36.1 Å². The fourth-order valence-corrected chi connectivity index (χ4v) is 3.90. The molecule has 1 aliphatic rings. The van der Waals surface area contributed by atoms with Crippen LogP contribution in [-0.2, 0) is 16.0 Å². The van der Waals surface area contributed by atoms with Gasteiger partial charge in [0.05, 0.1) is 11.6 Å². The predicted molar refractivity (Wildman–Crippen MR) is 121 cm³/mol. The van der Waals surface area contributed by atoms with Gasteiger partial charge >= 0.3 is 5.97 Å². The number of Topliss-reactive ketones (excluding diaryl/α,β-unsaturated/α-hetero) is 1. The average Bonchev–Trinajstić information content (AvgIpc) is 3.14. The molecule has 0 saturated carbocycles. The number of ketones is 1. The van der Waals surface area contributed by atoms with Gasteiger partial charge in [-0.1, -0.05) is 12.1 Å². The van der Waals surface area contributed by atoms with Crippen LogP contribution in [0.5, 0.6) is 11.5 Å². The smallest absolute Gasteiger partial charge is 0.306 e. The van der Waals surface area contributed by atoms with Crippen LogP contribution in [0.1, 0.15) is 39.3 Å². The highest BCUT2D eigenvalue weighted by molar-refractivity contribution is 5.99. The number of aryl methyl sites for hydroxylation is 2. The number of nitrogens with zero attached hydrogens (tertiary/aromatic N) is 2. The third-order valence-electron chi connectivity index (χ3n) is 5.58. The Kier molecular flexibility index (Phi) is 6.45. The first-order chi connectivity index (χ1) is 16.0. The summed E-state index contributed by atoms with van der Waals surface area (Å²) in [7, 11) is 0. The van der Waals surface area contributed by atoms with E-state index < -0.39 is 5.97 Å². The molecule has 4 rings (SSSR count). The number of aromatic nitrogens is 1. The van der Waals surface area contributed by atoms with Crippen LogP contribution in [0.2, 0.25) is 0 Å². The Hall–Kier alpha value is -4.05. The lowest BCUT2D eigenvalue weighted by atomic mass is 10.1. The summed E-state index contributed by atoms with van der Waals surface area (Å²) in [5, 5.41) is 8.84. The first kappa shape index (κ1) is 22.2. The first-order valence-corrected chi connectivity index (χ1v) is 10.7. The molecule has 2 aromatic carbocycles. The topological polar surface area (TPSA) is 90.6 Å². The molecule has 0 unspecified atom stereocenters. The maximum absolute atomic E-state index is 12.8. The fraction of sp³-hybridized carbons (Fsp3) is 0.269. The van der Waals surface area contributed by atoms with E-state index in [9.17, 15) is 9.59 Å². The van der Waals surface area contributed by atoms with Crippen molar-refractivity contribution in [2.24, 2.45) is 0 Å². The normalized spacial score (nSPS) is 12.2. The summed E-state index contributed by atoms with van der Waals surface area (Å²) in [6.45, 7) is 4.50. The third kappa shape index (κ3) is 4.90. The van der Waals surface area contributed by atoms with Gasteiger partial charge in [0.15, 0.2) is 18.1 Å². The maximum Gasteiger partial charge on any atom is 0.306 e. The number of hydrogen-bond acceptors (Lipinski definition) is 6. The largest absolute Gasteiger partial charge is 0.486 e. The minimum Gasteiger partial charge on any atom is -0.486 e. The van der Waals surface area contributed by atoms with E-state index in [4.69, 9.17) is 19.5 Å². The standard InChI is InChI=1S/C26H24N2O5/c1-17-13-22(18(2)28(17)21-8-9-24-25(14-21)32-12-11-31-24)23(29)16-33-26(30)10-7-19-3-5-20(15-27)6-4-19/h3-6,8-9,13-14H,7,10-12,16H2,1-2H3. The summed E-state index contributed by atoms with van der Waals surface area (Å²) in [5.74, 6) is 0.693. The number of carbonyl (C=O) groups is 2. The molecule has 3 aromatic rings. The molecule has 0 amide bonds. The number of fused-ring (bicyclic) bond motifs is 1. The van der Waals surface area contributed by atoms with Crippen LogP contribution in [0, 0.1) is 25.2 Å². The van der Waals surface area contributed by atoms with Crippen molar-refractivity contribution < 1.29 is 23.8 Å². The number of esters is 1. The van der Waals surface area contributed by atoms with E-state index in [2.05, 4.69) is 6.07 Å². The zero-order chi connectivity index (χ0) is 23.4. The van der Waals surface area contributed by atoms with E-state index in [1.54, 1.807) is 18.2 Å². The second-order valence-electron chi connectivity index (χ2n) is 7.84. The van der Waals surface area contributed by atoms with Crippen molar-refractivity contribution in [1.29, 1.82) is 5.26 Å². The second-order valence-corrected chi connectivity index (χ2v) is 7.84. The van der Waals surface area contributed by atoms with Crippen molar-refractivity contribution in [3.8, 4) is 23.3 Å². The highest BCUT2D eigenvalue weighted by Crippen LogP contribution is 2.33. The molecule has 2 heterocycles. The number of rotatable bonds is 7. The summed E-state index contributed by atoms with van der Waals surface area (Å²) in [4.78, 5) is 24.9. The van der Waals surface area contributed by atoms with Crippen molar-refractivity contribution in [3.05, 3.63) is 76.6 Å². The van der Waals surface area contributed by atoms with Gasteiger partial charge in [-0.25, -0.2) is 0 Å². The van der Waals surface area contributed by atoms with Crippen molar-refractivity contribution >= 4 is 11.8 Å². The molecule has 0 bridgehead atoms. The molecular formula is C26H24N2O5. The van der Waals surface area contributed by atoms with E-state index in [0.29, 0.717) is 42.3 Å². The minimum absolute atomic E-state index is 0.162. The highest BCUT2D eigenvalue weighted by atomic mass is 16.6. The summed E-state index contributed by atoms with van der Waals surface area (Å²) in [6, 6.07) is 16.6. The van der Waals surface area contributed by atoms with E-state index >= 15 is 0 Å². The van der Waals surface area contributed by atoms with E-state index in [1.807, 2.05) is 48.7 Å². The monoisotopic (exact) mass is 444 g/mol. The molecule has 0 aliphatic carbocycles. The quantitative estimate of drug-likeness (QED) is 0.403. The molecule has 7 heteroatoms. The van der Waals surface area contributed by atoms with Gasteiger partial charge in [-0.15, -0.1) is 0 Å². The van der Waals surface area contributed by atoms with Gasteiger partial charge in [0.25, 0.3) is 0 Å². The van der Waals surface area contributed by atoms with Gasteiger partial charge < -0.3 is 18.8 Å². The van der Waals surface area contributed by atoms with Crippen LogP contribution >= 0.6 is 0 Å². The maximum atomic E-state index is 12.8. The van der Waals surface area contributed by atoms with Gasteiger partial charge in [-0.3, -0.25) is 9.59 Å². The molecule has 0 fully saturated rings. The summed E-state index contributed by atoms with van der Waals surface area (Å²) < 4.78 is 18.4. The summed E-state index contributed by atoms with van der Waals surface area (Å²) in [5.41, 5.74) is 4.54. The molecule has 33 heavy (non-hydrogen) atoms. The van der Waals surface area contributed by atoms with Gasteiger partial charge in [-0.05, 0) is 56.2 Å². The Labute approximate surface area is 192 Å². The Morgan fingerprint density at radius 3 is 2.48 bits per heavy atom. The Morgan fingerprint density at radius 2 is 1.76 bits per heavy atom. The van der Waals surface area contributed by atoms with Crippen LogP contribution in [0.4, 0.5) is 0 Å². The van der Waals surface area contributed by atoms with Gasteiger partial charge in [0.1, 0.15) is 13.2 Å². The molecule has 0 saturated heterocycles. The van der Waals surface area contributed by atoms with Crippen molar-refractivity contribution in [3.63, 3.8) is 0 Å². The third-order valence-corrected chi connectivity index (χ3v) is 5.58. The van der Waals surface area contributed by atoms with Gasteiger partial charge in [-0.2, -0.15) is 5.26 Å². The SMILES string of the molecule is Cc1cc(C(=O)COC(=O)CCc2ccc(C#N)cc2)c(C)n1-c1ccc2c(c1)OCCO2. The predicted octanol–water partition coefficient (Wildman–Crippen LogP) is 4.10. The van der Waals surface area contributed by atoms with Crippen LogP contribution in [0.15, 0.2) is 48.5 Å². The molecule has 0 spiro atoms. The molecule has 0 N–H and O–H groups in total. The lowest BCUT2D eigenvalue weighted by Crippen LogP contribution is -2.16. The van der Waals surface area contributed by atoms with E-state index in [1.165, 1.54) is 0 Å².